The van der Waals surface area contributed by atoms with Gasteiger partial charge in [-0.1, -0.05) is 154 Å². The van der Waals surface area contributed by atoms with Crippen molar-refractivity contribution < 1.29 is 9.59 Å². The molecule has 2 aromatic rings. The summed E-state index contributed by atoms with van der Waals surface area (Å²) in [5.74, 6) is -0.335. The van der Waals surface area contributed by atoms with Crippen LogP contribution in [0.3, 0.4) is 0 Å². The van der Waals surface area contributed by atoms with Crippen molar-refractivity contribution in [3.05, 3.63) is 95.3 Å². The van der Waals surface area contributed by atoms with Gasteiger partial charge in [-0.15, -0.1) is 0 Å². The van der Waals surface area contributed by atoms with Crippen LogP contribution in [0.2, 0.25) is 0 Å². The molecule has 0 saturated heterocycles. The number of hydrogen-bond acceptors (Lipinski definition) is 5. The molecule has 0 aromatic heterocycles. The van der Waals surface area contributed by atoms with Gasteiger partial charge in [-0.2, -0.15) is 0 Å². The zero-order chi connectivity index (χ0) is 40.4. The number of hydrogen-bond donors (Lipinski definition) is 4. The third-order valence-corrected chi connectivity index (χ3v) is 6.44. The number of amides is 2. The van der Waals surface area contributed by atoms with E-state index in [0.29, 0.717) is 19.5 Å². The molecule has 2 amide bonds. The fourth-order valence-corrected chi connectivity index (χ4v) is 4.19. The maximum absolute atomic E-state index is 12.4. The molecule has 0 heterocycles. The standard InChI is InChI=1S/C24H40N4O2.C8H10.C5H9N.2C3H8.C2H6/c1-5-11-20-12-8-9-13-21(20)14-10-16-26-24(30)22(7-3)28-23(29)18-27-19(4)17-25-15-6-2;1-7-4-3-5-8(2)6-7;1-3-5-6-4-2;2*1-3-2;1-2/h8-9,12-13,22,25,27H,4-7,10-11,14-18H2,1-3H3,(H,26,30)(H,28,29);3-6H,1-2H3;3-5H,1-2H3;2*3H2,1-2H3;1-2H3/b;;5-3-,6-4?;;;. The molecule has 298 valence electrons. The molecule has 0 bridgehead atoms. The van der Waals surface area contributed by atoms with E-state index in [2.05, 4.69) is 137 Å². The normalized spacial score (nSPS) is 10.2. The smallest absolute Gasteiger partial charge is 0.242 e. The van der Waals surface area contributed by atoms with Crippen LogP contribution in [0.4, 0.5) is 0 Å². The van der Waals surface area contributed by atoms with Gasteiger partial charge in [0.15, 0.2) is 0 Å². The van der Waals surface area contributed by atoms with Crippen LogP contribution >= 0.6 is 0 Å². The Labute approximate surface area is 322 Å². The Hall–Kier alpha value is -3.71. The van der Waals surface area contributed by atoms with Crippen LogP contribution in [0.15, 0.2) is 78.1 Å². The van der Waals surface area contributed by atoms with Gasteiger partial charge < -0.3 is 21.3 Å². The highest BCUT2D eigenvalue weighted by Gasteiger charge is 2.18. The van der Waals surface area contributed by atoms with Crippen molar-refractivity contribution in [2.24, 2.45) is 4.99 Å². The van der Waals surface area contributed by atoms with E-state index >= 15 is 0 Å². The zero-order valence-corrected chi connectivity index (χ0v) is 35.9. The maximum Gasteiger partial charge on any atom is 0.242 e. The molecule has 2 aromatic carbocycles. The first-order chi connectivity index (χ1) is 25.0. The number of allylic oxidation sites excluding steroid dienone is 1. The van der Waals surface area contributed by atoms with E-state index in [9.17, 15) is 9.59 Å². The largest absolute Gasteiger partial charge is 0.379 e. The Morgan fingerprint density at radius 1 is 0.769 bits per heavy atom. The lowest BCUT2D eigenvalue weighted by Gasteiger charge is -2.18. The first kappa shape index (κ1) is 55.1. The molecule has 1 atom stereocenters. The van der Waals surface area contributed by atoms with Gasteiger partial charge in [0.25, 0.3) is 0 Å². The third-order valence-electron chi connectivity index (χ3n) is 6.44. The van der Waals surface area contributed by atoms with E-state index in [1.165, 1.54) is 35.1 Å². The molecular weight excluding hydrogens is 643 g/mol. The summed E-state index contributed by atoms with van der Waals surface area (Å²) in [6.45, 7) is 32.9. The molecule has 4 N–H and O–H groups in total. The molecular formula is C45H81N5O2. The van der Waals surface area contributed by atoms with Gasteiger partial charge in [-0.25, -0.2) is 0 Å². The minimum atomic E-state index is -0.516. The SMILES string of the molecule is C=C(CNCCC)NCC(=O)NC(CC)C(=O)NCCCc1ccccc1CCC.CC.CC=N/C=C\C.CCC.CCC.Cc1cccc(C)c1. The molecule has 7 nitrogen and oxygen atoms in total. The fourth-order valence-electron chi connectivity index (χ4n) is 4.19. The Morgan fingerprint density at radius 2 is 1.33 bits per heavy atom. The monoisotopic (exact) mass is 724 g/mol. The number of nitrogens with one attached hydrogen (secondary N) is 4. The highest BCUT2D eigenvalue weighted by molar-refractivity contribution is 5.88. The topological polar surface area (TPSA) is 94.6 Å². The second-order valence-corrected chi connectivity index (χ2v) is 12.0. The molecule has 0 aliphatic carbocycles. The van der Waals surface area contributed by atoms with E-state index in [1.54, 1.807) is 12.4 Å². The van der Waals surface area contributed by atoms with Gasteiger partial charge in [0.1, 0.15) is 6.04 Å². The summed E-state index contributed by atoms with van der Waals surface area (Å²) in [6, 6.07) is 16.4. The van der Waals surface area contributed by atoms with Gasteiger partial charge >= 0.3 is 0 Å². The number of rotatable bonds is 17. The van der Waals surface area contributed by atoms with Crippen molar-refractivity contribution in [3.63, 3.8) is 0 Å². The Kier molecular flexibility index (Phi) is 46.0. The molecule has 0 radical (unpaired) electrons. The molecule has 0 aliphatic heterocycles. The maximum atomic E-state index is 12.4. The van der Waals surface area contributed by atoms with Crippen LogP contribution in [-0.2, 0) is 22.4 Å². The zero-order valence-electron chi connectivity index (χ0n) is 35.9. The Bertz CT molecular complexity index is 1130. The highest BCUT2D eigenvalue weighted by Crippen LogP contribution is 2.13. The van der Waals surface area contributed by atoms with Gasteiger partial charge in [-0.3, -0.25) is 14.6 Å². The number of aliphatic imine (C=N–C) groups is 1. The van der Waals surface area contributed by atoms with Crippen LogP contribution in [0.1, 0.15) is 137 Å². The molecule has 1 unspecified atom stereocenters. The summed E-state index contributed by atoms with van der Waals surface area (Å²) in [5, 5.41) is 12.0. The van der Waals surface area contributed by atoms with Crippen molar-refractivity contribution in [2.45, 2.75) is 147 Å². The van der Waals surface area contributed by atoms with Crippen molar-refractivity contribution in [1.29, 1.82) is 0 Å². The van der Waals surface area contributed by atoms with Gasteiger partial charge in [0.2, 0.25) is 11.8 Å². The Balaban J connectivity index is -0.000000421. The number of carbonyl (C=O) groups excluding carboxylic acids is 2. The number of nitrogens with zero attached hydrogens (tertiary/aromatic N) is 1. The summed E-state index contributed by atoms with van der Waals surface area (Å²) in [4.78, 5) is 28.4. The quantitative estimate of drug-likeness (QED) is 0.0965. The van der Waals surface area contributed by atoms with Crippen LogP contribution < -0.4 is 21.3 Å². The lowest BCUT2D eigenvalue weighted by Crippen LogP contribution is -2.49. The van der Waals surface area contributed by atoms with E-state index in [0.717, 1.165) is 44.3 Å². The summed E-state index contributed by atoms with van der Waals surface area (Å²) in [5.41, 5.74) is 6.19. The van der Waals surface area contributed by atoms with Gasteiger partial charge in [0, 0.05) is 31.2 Å². The van der Waals surface area contributed by atoms with Crippen LogP contribution in [-0.4, -0.2) is 50.2 Å². The van der Waals surface area contributed by atoms with Crippen LogP contribution in [0.5, 0.6) is 0 Å². The molecule has 7 heteroatoms. The van der Waals surface area contributed by atoms with Gasteiger partial charge in [-0.05, 0) is 77.5 Å². The number of aryl methyl sites for hydroxylation is 4. The van der Waals surface area contributed by atoms with E-state index < -0.39 is 6.04 Å². The van der Waals surface area contributed by atoms with E-state index in [-0.39, 0.29) is 18.4 Å². The third kappa shape index (κ3) is 37.5. The average Bonchev–Trinajstić information content (AvgIpc) is 3.13. The second kappa shape index (κ2) is 43.5. The average molecular weight is 724 g/mol. The van der Waals surface area contributed by atoms with Crippen molar-refractivity contribution in [2.75, 3.05) is 26.2 Å². The second-order valence-electron chi connectivity index (χ2n) is 12.0. The van der Waals surface area contributed by atoms with Crippen molar-refractivity contribution in [1.82, 2.24) is 21.3 Å². The van der Waals surface area contributed by atoms with E-state index in [1.807, 2.05) is 40.7 Å². The van der Waals surface area contributed by atoms with E-state index in [4.69, 9.17) is 0 Å². The van der Waals surface area contributed by atoms with Crippen molar-refractivity contribution in [3.8, 4) is 0 Å². The number of carbonyl (C=O) groups is 2. The first-order valence-corrected chi connectivity index (χ1v) is 19.9. The summed E-state index contributed by atoms with van der Waals surface area (Å²) >= 11 is 0. The molecule has 0 saturated carbocycles. The molecule has 2 rings (SSSR count). The van der Waals surface area contributed by atoms with Crippen LogP contribution in [0.25, 0.3) is 0 Å². The minimum absolute atomic E-state index is 0.116. The first-order valence-electron chi connectivity index (χ1n) is 19.9. The number of benzene rings is 2. The minimum Gasteiger partial charge on any atom is -0.379 e. The fraction of sp³-hybridized carbons (Fsp3) is 0.578. The molecule has 0 aliphatic rings. The van der Waals surface area contributed by atoms with Crippen LogP contribution in [0, 0.1) is 13.8 Å². The van der Waals surface area contributed by atoms with Crippen molar-refractivity contribution >= 4 is 18.0 Å². The predicted octanol–water partition coefficient (Wildman–Crippen LogP) is 10.5. The predicted molar refractivity (Wildman–Crippen MR) is 232 cm³/mol. The molecule has 0 fully saturated rings. The lowest BCUT2D eigenvalue weighted by atomic mass is 9.99. The Morgan fingerprint density at radius 3 is 1.75 bits per heavy atom. The lowest BCUT2D eigenvalue weighted by molar-refractivity contribution is -0.128. The molecule has 0 spiro atoms. The summed E-state index contributed by atoms with van der Waals surface area (Å²) in [7, 11) is 0. The molecule has 52 heavy (non-hydrogen) atoms. The highest BCUT2D eigenvalue weighted by atomic mass is 16.2. The summed E-state index contributed by atoms with van der Waals surface area (Å²) < 4.78 is 0. The summed E-state index contributed by atoms with van der Waals surface area (Å²) in [6.07, 6.45) is 13.5. The van der Waals surface area contributed by atoms with Gasteiger partial charge in [0.05, 0.1) is 6.54 Å².